The fourth-order valence-electron chi connectivity index (χ4n) is 2.08. The number of rotatable bonds is 6. The third-order valence-electron chi connectivity index (χ3n) is 2.97. The van der Waals surface area contributed by atoms with E-state index in [0.717, 1.165) is 23.3 Å². The molecule has 0 heterocycles. The van der Waals surface area contributed by atoms with Crippen molar-refractivity contribution in [2.45, 2.75) is 33.0 Å². The Labute approximate surface area is 129 Å². The average molecular weight is 335 g/mol. The Kier molecular flexibility index (Phi) is 5.62. The largest absolute Gasteiger partial charge is 0.490 e. The lowest BCUT2D eigenvalue weighted by molar-refractivity contribution is -0.686. The first-order valence-electron chi connectivity index (χ1n) is 6.96. The number of halogens is 1. The lowest BCUT2D eigenvalue weighted by Gasteiger charge is -2.14. The van der Waals surface area contributed by atoms with Crippen molar-refractivity contribution in [2.24, 2.45) is 0 Å². The topological polar surface area (TPSA) is 25.8 Å². The quantitative estimate of drug-likeness (QED) is 0.859. The molecular weight excluding hydrogens is 314 g/mol. The second kappa shape index (κ2) is 7.46. The molecule has 0 bridgehead atoms. The molecule has 20 heavy (non-hydrogen) atoms. The second-order valence-electron chi connectivity index (χ2n) is 5.10. The molecule has 0 amide bonds. The maximum Gasteiger partial charge on any atom is 0.128 e. The fourth-order valence-corrected chi connectivity index (χ4v) is 2.49. The van der Waals surface area contributed by atoms with Crippen LogP contribution >= 0.6 is 15.9 Å². The van der Waals surface area contributed by atoms with Crippen molar-refractivity contribution in [3.63, 3.8) is 0 Å². The minimum absolute atomic E-state index is 0.198. The van der Waals surface area contributed by atoms with Gasteiger partial charge in [-0.3, -0.25) is 0 Å². The summed E-state index contributed by atoms with van der Waals surface area (Å²) < 4.78 is 6.96. The molecule has 0 aliphatic rings. The van der Waals surface area contributed by atoms with Crippen molar-refractivity contribution < 1.29 is 10.1 Å². The number of nitrogens with two attached hydrogens (primary N) is 1. The molecule has 0 saturated carbocycles. The minimum Gasteiger partial charge on any atom is -0.490 e. The van der Waals surface area contributed by atoms with Gasteiger partial charge in [0.15, 0.2) is 0 Å². The van der Waals surface area contributed by atoms with Crippen molar-refractivity contribution >= 4 is 15.9 Å². The normalized spacial score (nSPS) is 10.8. The molecule has 2 rings (SSSR count). The van der Waals surface area contributed by atoms with E-state index >= 15 is 0 Å². The highest BCUT2D eigenvalue weighted by Crippen LogP contribution is 2.23. The molecule has 2 nitrogen and oxygen atoms in total. The first kappa shape index (κ1) is 15.1. The fraction of sp³-hybridized carbons (Fsp3) is 0.294. The van der Waals surface area contributed by atoms with Crippen LogP contribution in [0.25, 0.3) is 0 Å². The zero-order valence-corrected chi connectivity index (χ0v) is 13.6. The van der Waals surface area contributed by atoms with Gasteiger partial charge in [0.05, 0.1) is 6.10 Å². The van der Waals surface area contributed by atoms with E-state index in [1.165, 1.54) is 11.1 Å². The van der Waals surface area contributed by atoms with Crippen LogP contribution in [0.2, 0.25) is 0 Å². The lowest BCUT2D eigenvalue weighted by atomic mass is 10.2. The van der Waals surface area contributed by atoms with Gasteiger partial charge in [0.2, 0.25) is 0 Å². The predicted molar refractivity (Wildman–Crippen MR) is 85.7 cm³/mol. The summed E-state index contributed by atoms with van der Waals surface area (Å²) in [5.41, 5.74) is 2.57. The van der Waals surface area contributed by atoms with E-state index in [1.54, 1.807) is 0 Å². The predicted octanol–water partition coefficient (Wildman–Crippen LogP) is 3.50. The Morgan fingerprint density at radius 2 is 1.80 bits per heavy atom. The highest BCUT2D eigenvalue weighted by molar-refractivity contribution is 9.10. The summed E-state index contributed by atoms with van der Waals surface area (Å²) in [4.78, 5) is 0. The molecule has 2 aromatic carbocycles. The number of hydrogen-bond acceptors (Lipinski definition) is 1. The van der Waals surface area contributed by atoms with Crippen molar-refractivity contribution in [1.29, 1.82) is 0 Å². The molecule has 0 aromatic heterocycles. The SMILES string of the molecule is CC(C)Oc1ccc(Br)cc1C[NH2+]Cc1ccccc1. The van der Waals surface area contributed by atoms with Crippen LogP contribution in [-0.2, 0) is 13.1 Å². The number of hydrogen-bond donors (Lipinski definition) is 1. The zero-order chi connectivity index (χ0) is 14.4. The van der Waals surface area contributed by atoms with Crippen LogP contribution in [-0.4, -0.2) is 6.10 Å². The van der Waals surface area contributed by atoms with E-state index in [0.29, 0.717) is 0 Å². The maximum absolute atomic E-state index is 5.86. The monoisotopic (exact) mass is 334 g/mol. The van der Waals surface area contributed by atoms with Gasteiger partial charge in [-0.1, -0.05) is 46.3 Å². The lowest BCUT2D eigenvalue weighted by Crippen LogP contribution is -2.80. The summed E-state index contributed by atoms with van der Waals surface area (Å²) in [5.74, 6) is 0.979. The molecule has 2 N–H and O–H groups in total. The van der Waals surface area contributed by atoms with E-state index in [9.17, 15) is 0 Å². The number of benzene rings is 2. The molecular formula is C17H21BrNO+. The maximum atomic E-state index is 5.86. The molecule has 0 fully saturated rings. The highest BCUT2D eigenvalue weighted by atomic mass is 79.9. The third-order valence-corrected chi connectivity index (χ3v) is 3.47. The van der Waals surface area contributed by atoms with E-state index in [1.807, 2.05) is 18.2 Å². The first-order valence-corrected chi connectivity index (χ1v) is 7.75. The highest BCUT2D eigenvalue weighted by Gasteiger charge is 2.08. The molecule has 0 radical (unpaired) electrons. The van der Waals surface area contributed by atoms with Crippen molar-refractivity contribution in [3.05, 3.63) is 64.1 Å². The molecule has 0 unspecified atom stereocenters. The summed E-state index contributed by atoms with van der Waals surface area (Å²) in [6.07, 6.45) is 0.198. The molecule has 0 aliphatic carbocycles. The van der Waals surface area contributed by atoms with Gasteiger partial charge in [-0.15, -0.1) is 0 Å². The molecule has 0 spiro atoms. The van der Waals surface area contributed by atoms with Crippen LogP contribution in [0.4, 0.5) is 0 Å². The van der Waals surface area contributed by atoms with Crippen LogP contribution in [0.3, 0.4) is 0 Å². The summed E-state index contributed by atoms with van der Waals surface area (Å²) in [6.45, 7) is 6.00. The van der Waals surface area contributed by atoms with E-state index in [-0.39, 0.29) is 6.10 Å². The van der Waals surface area contributed by atoms with Crippen molar-refractivity contribution in [3.8, 4) is 5.75 Å². The molecule has 2 aromatic rings. The van der Waals surface area contributed by atoms with Gasteiger partial charge in [0, 0.05) is 15.6 Å². The minimum atomic E-state index is 0.198. The molecule has 0 aliphatic heterocycles. The van der Waals surface area contributed by atoms with Crippen LogP contribution < -0.4 is 10.1 Å². The Morgan fingerprint density at radius 1 is 1.05 bits per heavy atom. The van der Waals surface area contributed by atoms with E-state index < -0.39 is 0 Å². The number of quaternary nitrogens is 1. The van der Waals surface area contributed by atoms with Crippen molar-refractivity contribution in [2.75, 3.05) is 0 Å². The van der Waals surface area contributed by atoms with Gasteiger partial charge >= 0.3 is 0 Å². The Morgan fingerprint density at radius 3 is 2.50 bits per heavy atom. The standard InChI is InChI=1S/C17H20BrNO/c1-13(2)20-17-9-8-16(18)10-15(17)12-19-11-14-6-4-3-5-7-14/h3-10,13,19H,11-12H2,1-2H3/p+1. The summed E-state index contributed by atoms with van der Waals surface area (Å²) in [6, 6.07) is 16.7. The first-order chi connectivity index (χ1) is 9.65. The average Bonchev–Trinajstić information content (AvgIpc) is 2.42. The van der Waals surface area contributed by atoms with Gasteiger partial charge in [-0.25, -0.2) is 0 Å². The smallest absolute Gasteiger partial charge is 0.128 e. The third kappa shape index (κ3) is 4.66. The second-order valence-corrected chi connectivity index (χ2v) is 6.02. The molecule has 3 heteroatoms. The Balaban J connectivity index is 1.99. The van der Waals surface area contributed by atoms with Crippen molar-refractivity contribution in [1.82, 2.24) is 0 Å². The van der Waals surface area contributed by atoms with Gasteiger partial charge in [0.25, 0.3) is 0 Å². The molecule has 0 saturated heterocycles. The zero-order valence-electron chi connectivity index (χ0n) is 12.0. The summed E-state index contributed by atoms with van der Waals surface area (Å²) in [7, 11) is 0. The summed E-state index contributed by atoms with van der Waals surface area (Å²) >= 11 is 3.53. The van der Waals surface area contributed by atoms with Crippen LogP contribution in [0, 0.1) is 0 Å². The van der Waals surface area contributed by atoms with Crippen LogP contribution in [0.15, 0.2) is 53.0 Å². The molecule has 106 valence electrons. The molecule has 0 atom stereocenters. The number of ether oxygens (including phenoxy) is 1. The summed E-state index contributed by atoms with van der Waals surface area (Å²) in [5, 5.41) is 2.30. The van der Waals surface area contributed by atoms with Gasteiger partial charge in [0.1, 0.15) is 18.8 Å². The van der Waals surface area contributed by atoms with Crippen LogP contribution in [0.1, 0.15) is 25.0 Å². The van der Waals surface area contributed by atoms with Crippen LogP contribution in [0.5, 0.6) is 5.75 Å². The Hall–Kier alpha value is -1.32. The van der Waals surface area contributed by atoms with E-state index in [4.69, 9.17) is 4.74 Å². The van der Waals surface area contributed by atoms with Gasteiger partial charge in [-0.05, 0) is 32.0 Å². The van der Waals surface area contributed by atoms with E-state index in [2.05, 4.69) is 65.4 Å². The van der Waals surface area contributed by atoms with Gasteiger partial charge in [-0.2, -0.15) is 0 Å². The van der Waals surface area contributed by atoms with Gasteiger partial charge < -0.3 is 10.1 Å². The Bertz CT molecular complexity index is 540.